The Morgan fingerprint density at radius 1 is 1.15 bits per heavy atom. The number of hydrogen-bond donors (Lipinski definition) is 1. The normalized spacial score (nSPS) is 19.1. The average Bonchev–Trinajstić information content (AvgIpc) is 3.52. The van der Waals surface area contributed by atoms with Crippen molar-refractivity contribution in [3.63, 3.8) is 0 Å². The largest absolute Gasteiger partial charge is 0.478 e. The lowest BCUT2D eigenvalue weighted by Crippen LogP contribution is -2.50. The third-order valence-corrected chi connectivity index (χ3v) is 10.1. The zero-order valence-electron chi connectivity index (χ0n) is 22.4. The van der Waals surface area contributed by atoms with Gasteiger partial charge in [-0.1, -0.05) is 34.7 Å². The molecular formula is C31H33N3O4S. The van der Waals surface area contributed by atoms with Crippen molar-refractivity contribution in [3.8, 4) is 11.3 Å². The molecule has 2 saturated carbocycles. The number of hydrogen-bond acceptors (Lipinski definition) is 7. The highest BCUT2D eigenvalue weighted by atomic mass is 32.1. The smallest absolute Gasteiger partial charge is 0.335 e. The van der Waals surface area contributed by atoms with Crippen LogP contribution in [-0.4, -0.2) is 40.4 Å². The van der Waals surface area contributed by atoms with Crippen molar-refractivity contribution in [2.45, 2.75) is 71.0 Å². The summed E-state index contributed by atoms with van der Waals surface area (Å²) in [5.41, 5.74) is 7.27. The fraction of sp³-hybridized carbons (Fsp3) is 0.452. The number of aryl methyl sites for hydroxylation is 2. The second-order valence-electron chi connectivity index (χ2n) is 11.7. The van der Waals surface area contributed by atoms with Crippen LogP contribution >= 0.6 is 11.3 Å². The number of benzene rings is 2. The van der Waals surface area contributed by atoms with Crippen LogP contribution in [0.4, 0.5) is 5.13 Å². The second-order valence-corrected chi connectivity index (χ2v) is 12.7. The molecular weight excluding hydrogens is 510 g/mol. The molecule has 39 heavy (non-hydrogen) atoms. The van der Waals surface area contributed by atoms with E-state index < -0.39 is 5.97 Å². The number of nitrogens with zero attached hydrogens (tertiary/aromatic N) is 3. The predicted molar refractivity (Wildman–Crippen MR) is 152 cm³/mol. The number of rotatable bonds is 7. The first kappa shape index (κ1) is 24.8. The molecule has 7 rings (SSSR count). The number of anilines is 1. The lowest BCUT2D eigenvalue weighted by atomic mass is 9.61. The van der Waals surface area contributed by atoms with Crippen molar-refractivity contribution in [1.29, 1.82) is 0 Å². The molecule has 0 radical (unpaired) electrons. The number of thiazole rings is 1. The van der Waals surface area contributed by atoms with Gasteiger partial charge in [0.1, 0.15) is 11.5 Å². The molecule has 8 heteroatoms. The zero-order chi connectivity index (χ0) is 26.7. The molecule has 0 bridgehead atoms. The van der Waals surface area contributed by atoms with Crippen LogP contribution in [0.15, 0.2) is 40.9 Å². The molecule has 3 heterocycles. The molecule has 1 N–H and O–H groups in total. The van der Waals surface area contributed by atoms with Crippen LogP contribution < -0.4 is 4.90 Å². The van der Waals surface area contributed by atoms with Gasteiger partial charge >= 0.3 is 5.97 Å². The van der Waals surface area contributed by atoms with Gasteiger partial charge in [-0.2, -0.15) is 0 Å². The highest BCUT2D eigenvalue weighted by Gasteiger charge is 2.47. The van der Waals surface area contributed by atoms with Gasteiger partial charge in [0.2, 0.25) is 0 Å². The maximum atomic E-state index is 11.3. The minimum atomic E-state index is -0.900. The molecule has 2 aliphatic carbocycles. The van der Waals surface area contributed by atoms with Crippen molar-refractivity contribution in [3.05, 3.63) is 64.4 Å². The highest BCUT2D eigenvalue weighted by Crippen LogP contribution is 2.52. The van der Waals surface area contributed by atoms with E-state index in [-0.39, 0.29) is 6.10 Å². The average molecular weight is 544 g/mol. The lowest BCUT2D eigenvalue weighted by Gasteiger charge is -2.51. The molecule has 3 fully saturated rings. The highest BCUT2D eigenvalue weighted by molar-refractivity contribution is 7.22. The van der Waals surface area contributed by atoms with Gasteiger partial charge in [-0.05, 0) is 87.1 Å². The van der Waals surface area contributed by atoms with E-state index in [9.17, 15) is 9.90 Å². The number of ether oxygens (including phenoxy) is 1. The van der Waals surface area contributed by atoms with Gasteiger partial charge in [0, 0.05) is 30.1 Å². The molecule has 2 aromatic heterocycles. The Morgan fingerprint density at radius 2 is 1.90 bits per heavy atom. The first-order valence-electron chi connectivity index (χ1n) is 13.9. The van der Waals surface area contributed by atoms with Crippen molar-refractivity contribution in [2.24, 2.45) is 5.41 Å². The molecule has 1 aliphatic heterocycles. The summed E-state index contributed by atoms with van der Waals surface area (Å²) in [6, 6.07) is 11.6. The van der Waals surface area contributed by atoms with Gasteiger partial charge in [-0.15, -0.1) is 0 Å². The number of carbonyl (C=O) groups is 1. The minimum Gasteiger partial charge on any atom is -0.478 e. The molecule has 0 unspecified atom stereocenters. The summed E-state index contributed by atoms with van der Waals surface area (Å²) >= 11 is 1.59. The number of carboxylic acid groups (broad SMARTS) is 1. The second kappa shape index (κ2) is 9.45. The third-order valence-electron chi connectivity index (χ3n) is 8.99. The number of piperidine rings is 1. The topological polar surface area (TPSA) is 88.7 Å². The van der Waals surface area contributed by atoms with Gasteiger partial charge in [-0.25, -0.2) is 9.78 Å². The van der Waals surface area contributed by atoms with Crippen LogP contribution in [0.1, 0.15) is 77.3 Å². The van der Waals surface area contributed by atoms with Crippen molar-refractivity contribution >= 4 is 32.7 Å². The molecule has 0 atom stereocenters. The number of aromatic nitrogens is 2. The number of aromatic carboxylic acids is 1. The standard InChI is InChI=1S/C31H33N3O4S/c1-18-4-3-5-19(2)26(18)27-23(28(38-33-27)20-6-7-20)17-37-22-15-31(16-22)10-12-34(13-11-31)30-32-24-9-8-21(29(35)36)14-25(24)39-30/h3-5,8-9,14,20,22H,6-7,10-13,15-17H2,1-2H3,(H,35,36). The summed E-state index contributed by atoms with van der Waals surface area (Å²) in [6.45, 7) is 6.80. The summed E-state index contributed by atoms with van der Waals surface area (Å²) in [5.74, 6) is 0.619. The minimum absolute atomic E-state index is 0.279. The lowest BCUT2D eigenvalue weighted by molar-refractivity contribution is -0.0979. The van der Waals surface area contributed by atoms with E-state index in [4.69, 9.17) is 14.2 Å². The molecule has 2 aromatic carbocycles. The van der Waals surface area contributed by atoms with Gasteiger partial charge in [0.05, 0.1) is 28.5 Å². The van der Waals surface area contributed by atoms with Crippen LogP contribution in [0.3, 0.4) is 0 Å². The van der Waals surface area contributed by atoms with Gasteiger partial charge < -0.3 is 19.3 Å². The Morgan fingerprint density at radius 3 is 2.59 bits per heavy atom. The summed E-state index contributed by atoms with van der Waals surface area (Å²) in [7, 11) is 0. The first-order valence-corrected chi connectivity index (χ1v) is 14.8. The van der Waals surface area contributed by atoms with Crippen molar-refractivity contribution in [1.82, 2.24) is 10.1 Å². The molecule has 1 spiro atoms. The monoisotopic (exact) mass is 543 g/mol. The van der Waals surface area contributed by atoms with E-state index in [0.717, 1.165) is 71.1 Å². The molecule has 3 aliphatic rings. The van der Waals surface area contributed by atoms with Gasteiger partial charge in [-0.3, -0.25) is 0 Å². The van der Waals surface area contributed by atoms with Gasteiger partial charge in [0.25, 0.3) is 0 Å². The molecule has 7 nitrogen and oxygen atoms in total. The first-order chi connectivity index (χ1) is 18.9. The predicted octanol–water partition coefficient (Wildman–Crippen LogP) is 7.11. The fourth-order valence-electron chi connectivity index (χ4n) is 6.50. The zero-order valence-corrected chi connectivity index (χ0v) is 23.2. The Bertz CT molecular complexity index is 1530. The Balaban J connectivity index is 0.988. The third kappa shape index (κ3) is 4.53. The van der Waals surface area contributed by atoms with Crippen LogP contribution in [-0.2, 0) is 11.3 Å². The van der Waals surface area contributed by atoms with Crippen LogP contribution in [0, 0.1) is 19.3 Å². The summed E-state index contributed by atoms with van der Waals surface area (Å²) in [5, 5.41) is 14.8. The van der Waals surface area contributed by atoms with E-state index in [1.807, 2.05) is 6.07 Å². The Labute approximate surface area is 231 Å². The van der Waals surface area contributed by atoms with E-state index in [1.54, 1.807) is 23.5 Å². The molecule has 202 valence electrons. The van der Waals surface area contributed by atoms with E-state index in [0.29, 0.717) is 23.5 Å². The van der Waals surface area contributed by atoms with Crippen LogP contribution in [0.5, 0.6) is 0 Å². The van der Waals surface area contributed by atoms with E-state index >= 15 is 0 Å². The molecule has 0 amide bonds. The SMILES string of the molecule is Cc1cccc(C)c1-c1noc(C2CC2)c1COC1CC2(CCN(c3nc4ccc(C(=O)O)cc4s3)CC2)C1. The summed E-state index contributed by atoms with van der Waals surface area (Å²) in [6.07, 6.45) is 7.10. The molecule has 4 aromatic rings. The Hall–Kier alpha value is -3.23. The summed E-state index contributed by atoms with van der Waals surface area (Å²) in [4.78, 5) is 18.5. The maximum absolute atomic E-state index is 11.3. The molecule has 1 saturated heterocycles. The Kier molecular flexibility index (Phi) is 6.01. The van der Waals surface area contributed by atoms with E-state index in [2.05, 4.69) is 42.1 Å². The maximum Gasteiger partial charge on any atom is 0.335 e. The fourth-order valence-corrected chi connectivity index (χ4v) is 7.56. The van der Waals surface area contributed by atoms with Crippen molar-refractivity contribution < 1.29 is 19.2 Å². The summed E-state index contributed by atoms with van der Waals surface area (Å²) < 4.78 is 13.4. The number of fused-ring (bicyclic) bond motifs is 1. The van der Waals surface area contributed by atoms with E-state index in [1.165, 1.54) is 29.5 Å². The number of carboxylic acids is 1. The van der Waals surface area contributed by atoms with Crippen LogP contribution in [0.25, 0.3) is 21.5 Å². The van der Waals surface area contributed by atoms with Gasteiger partial charge in [0.15, 0.2) is 5.13 Å². The quantitative estimate of drug-likeness (QED) is 0.266. The van der Waals surface area contributed by atoms with Crippen molar-refractivity contribution in [2.75, 3.05) is 18.0 Å². The van der Waals surface area contributed by atoms with Crippen LogP contribution in [0.2, 0.25) is 0 Å².